The SMILES string of the molecule is CC(=O)Nc1nc(C2CCN(c3cnccn3)CC2)cs1. The minimum absolute atomic E-state index is 0.0756. The Bertz CT molecular complexity index is 607. The smallest absolute Gasteiger partial charge is 0.223 e. The molecule has 0 spiro atoms. The summed E-state index contributed by atoms with van der Waals surface area (Å²) in [7, 11) is 0. The molecule has 0 aliphatic carbocycles. The van der Waals surface area contributed by atoms with E-state index in [9.17, 15) is 4.79 Å². The Kier molecular flexibility index (Phi) is 4.10. The van der Waals surface area contributed by atoms with Gasteiger partial charge in [0.1, 0.15) is 5.82 Å². The molecule has 1 aliphatic rings. The molecule has 1 fully saturated rings. The molecule has 0 saturated carbocycles. The number of carbonyl (C=O) groups excluding carboxylic acids is 1. The normalized spacial score (nSPS) is 16.0. The van der Waals surface area contributed by atoms with Crippen molar-refractivity contribution in [2.75, 3.05) is 23.3 Å². The lowest BCUT2D eigenvalue weighted by Gasteiger charge is -2.31. The Balaban J connectivity index is 1.60. The molecule has 3 heterocycles. The van der Waals surface area contributed by atoms with Crippen molar-refractivity contribution in [1.82, 2.24) is 15.0 Å². The molecule has 7 heteroatoms. The van der Waals surface area contributed by atoms with Gasteiger partial charge in [-0.3, -0.25) is 9.78 Å². The highest BCUT2D eigenvalue weighted by Crippen LogP contribution is 2.31. The fraction of sp³-hybridized carbons (Fsp3) is 0.429. The van der Waals surface area contributed by atoms with Gasteiger partial charge in [-0.2, -0.15) is 0 Å². The average molecular weight is 303 g/mol. The van der Waals surface area contributed by atoms with Crippen LogP contribution in [0.4, 0.5) is 10.9 Å². The molecule has 21 heavy (non-hydrogen) atoms. The Labute approximate surface area is 127 Å². The maximum Gasteiger partial charge on any atom is 0.223 e. The molecule has 0 bridgehead atoms. The van der Waals surface area contributed by atoms with E-state index in [1.54, 1.807) is 18.6 Å². The summed E-state index contributed by atoms with van der Waals surface area (Å²) in [6, 6.07) is 0. The van der Waals surface area contributed by atoms with E-state index in [-0.39, 0.29) is 5.91 Å². The molecular weight excluding hydrogens is 286 g/mol. The minimum Gasteiger partial charge on any atom is -0.355 e. The van der Waals surface area contributed by atoms with E-state index in [0.29, 0.717) is 11.0 Å². The number of piperidine rings is 1. The Hall–Kier alpha value is -2.02. The van der Waals surface area contributed by atoms with Gasteiger partial charge in [-0.1, -0.05) is 0 Å². The molecule has 0 atom stereocenters. The van der Waals surface area contributed by atoms with Gasteiger partial charge in [0, 0.05) is 43.7 Å². The number of amides is 1. The van der Waals surface area contributed by atoms with Crippen LogP contribution in [0.1, 0.15) is 31.4 Å². The van der Waals surface area contributed by atoms with Crippen molar-refractivity contribution >= 4 is 28.2 Å². The number of nitrogens with one attached hydrogen (secondary N) is 1. The molecule has 1 saturated heterocycles. The second kappa shape index (κ2) is 6.17. The van der Waals surface area contributed by atoms with Crippen molar-refractivity contribution in [1.29, 1.82) is 0 Å². The second-order valence-corrected chi connectivity index (χ2v) is 5.94. The van der Waals surface area contributed by atoms with Crippen LogP contribution in [-0.4, -0.2) is 33.9 Å². The fourth-order valence-corrected chi connectivity index (χ4v) is 3.38. The van der Waals surface area contributed by atoms with Crippen LogP contribution in [0.5, 0.6) is 0 Å². The van der Waals surface area contributed by atoms with Crippen LogP contribution in [0.3, 0.4) is 0 Å². The van der Waals surface area contributed by atoms with Crippen molar-refractivity contribution in [2.45, 2.75) is 25.7 Å². The van der Waals surface area contributed by atoms with Gasteiger partial charge in [-0.25, -0.2) is 9.97 Å². The van der Waals surface area contributed by atoms with Crippen LogP contribution in [0.15, 0.2) is 24.0 Å². The van der Waals surface area contributed by atoms with E-state index in [2.05, 4.69) is 25.2 Å². The summed E-state index contributed by atoms with van der Waals surface area (Å²) in [5.41, 5.74) is 1.09. The first-order chi connectivity index (χ1) is 10.2. The zero-order valence-corrected chi connectivity index (χ0v) is 12.6. The lowest BCUT2D eigenvalue weighted by molar-refractivity contribution is -0.114. The number of hydrogen-bond acceptors (Lipinski definition) is 6. The van der Waals surface area contributed by atoms with Crippen LogP contribution in [0.2, 0.25) is 0 Å². The van der Waals surface area contributed by atoms with Gasteiger partial charge in [0.05, 0.1) is 11.9 Å². The molecule has 0 aromatic carbocycles. The molecule has 1 amide bonds. The molecule has 2 aromatic rings. The molecule has 2 aromatic heterocycles. The summed E-state index contributed by atoms with van der Waals surface area (Å²) in [5.74, 6) is 1.32. The van der Waals surface area contributed by atoms with Crippen molar-refractivity contribution in [3.05, 3.63) is 29.7 Å². The second-order valence-electron chi connectivity index (χ2n) is 5.08. The zero-order valence-electron chi connectivity index (χ0n) is 11.8. The van der Waals surface area contributed by atoms with E-state index in [4.69, 9.17) is 0 Å². The summed E-state index contributed by atoms with van der Waals surface area (Å²) in [5, 5.41) is 5.48. The highest BCUT2D eigenvalue weighted by atomic mass is 32.1. The molecule has 6 nitrogen and oxygen atoms in total. The Morgan fingerprint density at radius 1 is 1.38 bits per heavy atom. The fourth-order valence-electron chi connectivity index (χ4n) is 2.54. The van der Waals surface area contributed by atoms with E-state index >= 15 is 0 Å². The van der Waals surface area contributed by atoms with Crippen molar-refractivity contribution in [3.8, 4) is 0 Å². The third kappa shape index (κ3) is 3.36. The molecule has 1 N–H and O–H groups in total. The Morgan fingerprint density at radius 3 is 2.86 bits per heavy atom. The largest absolute Gasteiger partial charge is 0.355 e. The lowest BCUT2D eigenvalue weighted by atomic mass is 9.94. The maximum absolute atomic E-state index is 11.0. The van der Waals surface area contributed by atoms with Gasteiger partial charge in [0.25, 0.3) is 0 Å². The zero-order chi connectivity index (χ0) is 14.7. The van der Waals surface area contributed by atoms with Crippen LogP contribution < -0.4 is 10.2 Å². The predicted molar refractivity (Wildman–Crippen MR) is 82.6 cm³/mol. The number of nitrogens with zero attached hydrogens (tertiary/aromatic N) is 4. The van der Waals surface area contributed by atoms with E-state index in [1.165, 1.54) is 18.3 Å². The number of thiazole rings is 1. The topological polar surface area (TPSA) is 71.0 Å². The summed E-state index contributed by atoms with van der Waals surface area (Å²) in [6.45, 7) is 3.41. The number of aromatic nitrogens is 3. The van der Waals surface area contributed by atoms with Crippen molar-refractivity contribution in [2.24, 2.45) is 0 Å². The quantitative estimate of drug-likeness (QED) is 0.942. The molecule has 3 rings (SSSR count). The van der Waals surface area contributed by atoms with E-state index < -0.39 is 0 Å². The first-order valence-electron chi connectivity index (χ1n) is 6.96. The number of anilines is 2. The third-order valence-corrected chi connectivity index (χ3v) is 4.37. The van der Waals surface area contributed by atoms with Gasteiger partial charge >= 0.3 is 0 Å². The third-order valence-electron chi connectivity index (χ3n) is 3.59. The van der Waals surface area contributed by atoms with E-state index in [1.807, 2.05) is 5.38 Å². The highest BCUT2D eigenvalue weighted by molar-refractivity contribution is 7.13. The standard InChI is InChI=1S/C14H17N5OS/c1-10(20)17-14-18-12(9-21-14)11-2-6-19(7-3-11)13-8-15-4-5-16-13/h4-5,8-9,11H,2-3,6-7H2,1H3,(H,17,18,20). The van der Waals surface area contributed by atoms with Gasteiger partial charge in [-0.05, 0) is 12.8 Å². The number of hydrogen-bond donors (Lipinski definition) is 1. The molecular formula is C14H17N5OS. The van der Waals surface area contributed by atoms with E-state index in [0.717, 1.165) is 37.4 Å². The highest BCUT2D eigenvalue weighted by Gasteiger charge is 2.23. The number of carbonyl (C=O) groups is 1. The summed E-state index contributed by atoms with van der Waals surface area (Å²) in [4.78, 5) is 26.3. The summed E-state index contributed by atoms with van der Waals surface area (Å²) in [6.07, 6.45) is 7.30. The average Bonchev–Trinajstić information content (AvgIpc) is 2.96. The maximum atomic E-state index is 11.0. The minimum atomic E-state index is -0.0756. The lowest BCUT2D eigenvalue weighted by Crippen LogP contribution is -2.33. The molecule has 110 valence electrons. The first-order valence-corrected chi connectivity index (χ1v) is 7.84. The Morgan fingerprint density at radius 2 is 2.19 bits per heavy atom. The van der Waals surface area contributed by atoms with Crippen LogP contribution in [0.25, 0.3) is 0 Å². The van der Waals surface area contributed by atoms with Gasteiger partial charge in [0.15, 0.2) is 5.13 Å². The van der Waals surface area contributed by atoms with Gasteiger partial charge in [-0.15, -0.1) is 11.3 Å². The van der Waals surface area contributed by atoms with Crippen LogP contribution in [0, 0.1) is 0 Å². The molecule has 0 unspecified atom stereocenters. The predicted octanol–water partition coefficient (Wildman–Crippen LogP) is 2.28. The van der Waals surface area contributed by atoms with Crippen LogP contribution in [-0.2, 0) is 4.79 Å². The summed E-state index contributed by atoms with van der Waals surface area (Å²) < 4.78 is 0. The van der Waals surface area contributed by atoms with Crippen LogP contribution >= 0.6 is 11.3 Å². The monoisotopic (exact) mass is 303 g/mol. The molecule has 0 radical (unpaired) electrons. The van der Waals surface area contributed by atoms with Gasteiger partial charge < -0.3 is 10.2 Å². The number of rotatable bonds is 3. The summed E-state index contributed by atoms with van der Waals surface area (Å²) >= 11 is 1.49. The first kappa shape index (κ1) is 13.9. The van der Waals surface area contributed by atoms with Crippen molar-refractivity contribution in [3.63, 3.8) is 0 Å². The van der Waals surface area contributed by atoms with Gasteiger partial charge in [0.2, 0.25) is 5.91 Å². The molecule has 1 aliphatic heterocycles. The van der Waals surface area contributed by atoms with Crippen molar-refractivity contribution < 1.29 is 4.79 Å².